The average Bonchev–Trinajstić information content (AvgIpc) is 2.15. The number of amides is 1. The fraction of sp³-hybridized carbons (Fsp3) is 0.364. The van der Waals surface area contributed by atoms with Gasteiger partial charge in [-0.3, -0.25) is 4.79 Å². The lowest BCUT2D eigenvalue weighted by Crippen LogP contribution is -2.31. The van der Waals surface area contributed by atoms with E-state index in [-0.39, 0.29) is 11.9 Å². The van der Waals surface area contributed by atoms with Crippen LogP contribution in [0.15, 0.2) is 27.6 Å². The Morgan fingerprint density at radius 1 is 1.56 bits per heavy atom. The van der Waals surface area contributed by atoms with Gasteiger partial charge in [-0.05, 0) is 32.0 Å². The molecule has 0 spiro atoms. The molecule has 5 heteroatoms. The molecule has 0 atom stereocenters. The third kappa shape index (κ3) is 4.45. The Bertz CT molecular complexity index is 382. The van der Waals surface area contributed by atoms with Crippen molar-refractivity contribution in [1.29, 1.82) is 0 Å². The number of rotatable bonds is 4. The summed E-state index contributed by atoms with van der Waals surface area (Å²) in [5.74, 6) is 0.423. The van der Waals surface area contributed by atoms with Crippen LogP contribution in [0.5, 0.6) is 0 Å². The predicted octanol–water partition coefficient (Wildman–Crippen LogP) is 2.65. The van der Waals surface area contributed by atoms with Crippen molar-refractivity contribution in [3.63, 3.8) is 0 Å². The molecule has 0 fully saturated rings. The van der Waals surface area contributed by atoms with Crippen molar-refractivity contribution in [3.8, 4) is 0 Å². The second-order valence-electron chi connectivity index (χ2n) is 3.69. The van der Waals surface area contributed by atoms with Crippen molar-refractivity contribution in [1.82, 2.24) is 5.32 Å². The number of nitrogens with two attached hydrogens (primary N) is 1. The number of hydrogen-bond donors (Lipinski definition) is 2. The zero-order valence-electron chi connectivity index (χ0n) is 9.29. The van der Waals surface area contributed by atoms with Crippen molar-refractivity contribution in [2.75, 3.05) is 11.5 Å². The molecule has 88 valence electrons. The minimum absolute atomic E-state index is 0.0299. The van der Waals surface area contributed by atoms with Gasteiger partial charge in [-0.15, -0.1) is 11.8 Å². The van der Waals surface area contributed by atoms with Crippen LogP contribution >= 0.6 is 27.7 Å². The van der Waals surface area contributed by atoms with Gasteiger partial charge >= 0.3 is 0 Å². The number of hydrogen-bond acceptors (Lipinski definition) is 3. The van der Waals surface area contributed by atoms with Crippen molar-refractivity contribution in [2.24, 2.45) is 0 Å². The van der Waals surface area contributed by atoms with E-state index in [2.05, 4.69) is 21.2 Å². The summed E-state index contributed by atoms with van der Waals surface area (Å²) in [5, 5.41) is 2.83. The Morgan fingerprint density at radius 3 is 2.81 bits per heavy atom. The van der Waals surface area contributed by atoms with Gasteiger partial charge in [-0.1, -0.05) is 15.9 Å². The van der Waals surface area contributed by atoms with Gasteiger partial charge in [0.2, 0.25) is 5.91 Å². The minimum atomic E-state index is 0.0299. The summed E-state index contributed by atoms with van der Waals surface area (Å²) >= 11 is 4.79. The van der Waals surface area contributed by atoms with Crippen LogP contribution < -0.4 is 11.1 Å². The van der Waals surface area contributed by atoms with Crippen molar-refractivity contribution in [3.05, 3.63) is 22.7 Å². The summed E-state index contributed by atoms with van der Waals surface area (Å²) in [6.45, 7) is 3.88. The Kier molecular flexibility index (Phi) is 5.15. The molecule has 1 aromatic rings. The predicted molar refractivity (Wildman–Crippen MR) is 72.6 cm³/mol. The molecule has 0 saturated carbocycles. The molecule has 0 aliphatic carbocycles. The first kappa shape index (κ1) is 13.4. The van der Waals surface area contributed by atoms with Crippen LogP contribution in [0.4, 0.5) is 5.69 Å². The lowest BCUT2D eigenvalue weighted by Gasteiger charge is -2.09. The monoisotopic (exact) mass is 302 g/mol. The van der Waals surface area contributed by atoms with Gasteiger partial charge in [0.15, 0.2) is 0 Å². The van der Waals surface area contributed by atoms with E-state index >= 15 is 0 Å². The molecule has 0 bridgehead atoms. The molecule has 1 amide bonds. The molecule has 1 aromatic carbocycles. The van der Waals surface area contributed by atoms with Crippen molar-refractivity contribution < 1.29 is 4.79 Å². The second-order valence-corrected chi connectivity index (χ2v) is 5.63. The third-order valence-electron chi connectivity index (χ3n) is 1.78. The van der Waals surface area contributed by atoms with E-state index in [9.17, 15) is 4.79 Å². The second kappa shape index (κ2) is 6.15. The van der Waals surface area contributed by atoms with Gasteiger partial charge in [0.25, 0.3) is 0 Å². The van der Waals surface area contributed by atoms with E-state index in [1.54, 1.807) is 0 Å². The highest BCUT2D eigenvalue weighted by molar-refractivity contribution is 9.10. The summed E-state index contributed by atoms with van der Waals surface area (Å²) in [7, 11) is 0. The summed E-state index contributed by atoms with van der Waals surface area (Å²) < 4.78 is 0.945. The van der Waals surface area contributed by atoms with Crippen LogP contribution in [-0.4, -0.2) is 17.7 Å². The first-order chi connectivity index (χ1) is 7.49. The smallest absolute Gasteiger partial charge is 0.230 e. The molecule has 1 rings (SSSR count). The molecular formula is C11H15BrN2OS. The van der Waals surface area contributed by atoms with Gasteiger partial charge in [0.05, 0.1) is 5.75 Å². The fourth-order valence-electron chi connectivity index (χ4n) is 1.16. The molecule has 0 aliphatic heterocycles. The number of halogens is 1. The van der Waals surface area contributed by atoms with E-state index in [1.807, 2.05) is 32.0 Å². The summed E-state index contributed by atoms with van der Waals surface area (Å²) in [4.78, 5) is 12.4. The molecule has 0 heterocycles. The first-order valence-corrected chi connectivity index (χ1v) is 6.74. The van der Waals surface area contributed by atoms with E-state index in [4.69, 9.17) is 5.73 Å². The lowest BCUT2D eigenvalue weighted by atomic mass is 10.3. The number of carbonyl (C=O) groups is 1. The Labute approximate surface area is 108 Å². The number of benzene rings is 1. The molecule has 0 aliphatic rings. The van der Waals surface area contributed by atoms with Crippen LogP contribution in [0.1, 0.15) is 13.8 Å². The number of carbonyl (C=O) groups excluding carboxylic acids is 1. The Morgan fingerprint density at radius 2 is 2.25 bits per heavy atom. The van der Waals surface area contributed by atoms with Gasteiger partial charge in [-0.25, -0.2) is 0 Å². The van der Waals surface area contributed by atoms with Gasteiger partial charge < -0.3 is 11.1 Å². The molecule has 0 unspecified atom stereocenters. The molecule has 0 radical (unpaired) electrons. The fourth-order valence-corrected chi connectivity index (χ4v) is 2.30. The average molecular weight is 303 g/mol. The van der Waals surface area contributed by atoms with E-state index in [0.29, 0.717) is 11.4 Å². The van der Waals surface area contributed by atoms with Gasteiger partial charge in [0, 0.05) is 21.1 Å². The third-order valence-corrected chi connectivity index (χ3v) is 3.36. The number of anilines is 1. The van der Waals surface area contributed by atoms with Crippen LogP contribution in [0.3, 0.4) is 0 Å². The maximum atomic E-state index is 11.4. The first-order valence-electron chi connectivity index (χ1n) is 4.96. The van der Waals surface area contributed by atoms with E-state index in [1.165, 1.54) is 11.8 Å². The van der Waals surface area contributed by atoms with Gasteiger partial charge in [0.1, 0.15) is 0 Å². The maximum Gasteiger partial charge on any atom is 0.230 e. The van der Waals surface area contributed by atoms with Crippen LogP contribution in [0.25, 0.3) is 0 Å². The van der Waals surface area contributed by atoms with Crippen LogP contribution in [-0.2, 0) is 4.79 Å². The summed E-state index contributed by atoms with van der Waals surface area (Å²) in [6, 6.07) is 5.84. The highest BCUT2D eigenvalue weighted by Crippen LogP contribution is 2.27. The summed E-state index contributed by atoms with van der Waals surface area (Å²) in [6.07, 6.45) is 0. The van der Waals surface area contributed by atoms with Crippen LogP contribution in [0.2, 0.25) is 0 Å². The van der Waals surface area contributed by atoms with E-state index in [0.717, 1.165) is 9.37 Å². The summed E-state index contributed by atoms with van der Waals surface area (Å²) in [5.41, 5.74) is 6.52. The number of nitrogen functional groups attached to an aromatic ring is 1. The zero-order valence-corrected chi connectivity index (χ0v) is 11.7. The van der Waals surface area contributed by atoms with E-state index < -0.39 is 0 Å². The van der Waals surface area contributed by atoms with Crippen LogP contribution in [0, 0.1) is 0 Å². The Balaban J connectivity index is 2.51. The number of thioether (sulfide) groups is 1. The largest absolute Gasteiger partial charge is 0.398 e. The molecule has 16 heavy (non-hydrogen) atoms. The zero-order chi connectivity index (χ0) is 12.1. The SMILES string of the molecule is CC(C)NC(=O)CSc1ccc(Br)cc1N. The normalized spacial score (nSPS) is 10.5. The quantitative estimate of drug-likeness (QED) is 0.664. The van der Waals surface area contributed by atoms with Gasteiger partial charge in [-0.2, -0.15) is 0 Å². The van der Waals surface area contributed by atoms with Crippen molar-refractivity contribution in [2.45, 2.75) is 24.8 Å². The molecular weight excluding hydrogens is 288 g/mol. The maximum absolute atomic E-state index is 11.4. The number of nitrogens with one attached hydrogen (secondary N) is 1. The standard InChI is InChI=1S/C11H15BrN2OS/c1-7(2)14-11(15)6-16-10-4-3-8(12)5-9(10)13/h3-5,7H,6,13H2,1-2H3,(H,14,15). The topological polar surface area (TPSA) is 55.1 Å². The highest BCUT2D eigenvalue weighted by atomic mass is 79.9. The minimum Gasteiger partial charge on any atom is -0.398 e. The highest BCUT2D eigenvalue weighted by Gasteiger charge is 2.06. The molecule has 3 nitrogen and oxygen atoms in total. The molecule has 0 saturated heterocycles. The van der Waals surface area contributed by atoms with Crippen molar-refractivity contribution >= 4 is 39.3 Å². The molecule has 0 aromatic heterocycles. The Hall–Kier alpha value is -0.680. The lowest BCUT2D eigenvalue weighted by molar-refractivity contribution is -0.119. The molecule has 3 N–H and O–H groups in total.